The summed E-state index contributed by atoms with van der Waals surface area (Å²) >= 11 is 0. The van der Waals surface area contributed by atoms with E-state index in [2.05, 4.69) is 26.5 Å². The van der Waals surface area contributed by atoms with Crippen molar-refractivity contribution < 1.29 is 4.74 Å². The summed E-state index contributed by atoms with van der Waals surface area (Å²) in [7, 11) is 1.84. The van der Waals surface area contributed by atoms with Crippen LogP contribution < -0.4 is 0 Å². The lowest BCUT2D eigenvalue weighted by molar-refractivity contribution is 0.0323. The van der Waals surface area contributed by atoms with E-state index >= 15 is 0 Å². The van der Waals surface area contributed by atoms with Crippen LogP contribution in [0.5, 0.6) is 0 Å². The van der Waals surface area contributed by atoms with Gasteiger partial charge in [0.25, 0.3) is 0 Å². The van der Waals surface area contributed by atoms with Crippen molar-refractivity contribution in [3.63, 3.8) is 0 Å². The van der Waals surface area contributed by atoms with Crippen LogP contribution in [0.2, 0.25) is 0 Å². The number of hydrogen-bond donors (Lipinski definition) is 0. The second-order valence-electron chi connectivity index (χ2n) is 5.34. The third kappa shape index (κ3) is 3.79. The minimum atomic E-state index is 0.486. The topological polar surface area (TPSA) is 9.23 Å². The predicted molar refractivity (Wildman–Crippen MR) is 70.6 cm³/mol. The monoisotopic (exact) mass is 222 g/mol. The molecule has 0 bridgehead atoms. The molecule has 0 saturated heterocycles. The summed E-state index contributed by atoms with van der Waals surface area (Å²) in [5.74, 6) is 0. The Morgan fingerprint density at radius 1 is 1.44 bits per heavy atom. The Morgan fingerprint density at radius 3 is 2.50 bits per heavy atom. The number of methoxy groups -OCH3 is 1. The van der Waals surface area contributed by atoms with E-state index in [0.29, 0.717) is 11.5 Å². The molecule has 0 amide bonds. The van der Waals surface area contributed by atoms with Crippen molar-refractivity contribution in [2.24, 2.45) is 5.41 Å². The molecule has 1 aliphatic rings. The SMILES string of the molecule is C=C/C=C(\CC)CC1(C)CCC(OC)CC1. The number of ether oxygens (including phenoxy) is 1. The molecule has 0 heterocycles. The normalized spacial score (nSPS) is 31.4. The molecule has 0 spiro atoms. The van der Waals surface area contributed by atoms with Gasteiger partial charge in [0.2, 0.25) is 0 Å². The first kappa shape index (κ1) is 13.5. The summed E-state index contributed by atoms with van der Waals surface area (Å²) < 4.78 is 5.43. The van der Waals surface area contributed by atoms with Crippen molar-refractivity contribution >= 4 is 0 Å². The molecule has 0 radical (unpaired) electrons. The molecule has 1 fully saturated rings. The van der Waals surface area contributed by atoms with Gasteiger partial charge < -0.3 is 4.74 Å². The van der Waals surface area contributed by atoms with E-state index in [-0.39, 0.29) is 0 Å². The van der Waals surface area contributed by atoms with Gasteiger partial charge in [0.05, 0.1) is 6.10 Å². The van der Waals surface area contributed by atoms with E-state index in [1.807, 2.05) is 13.2 Å². The molecular weight excluding hydrogens is 196 g/mol. The van der Waals surface area contributed by atoms with Crippen LogP contribution in [0, 0.1) is 5.41 Å². The van der Waals surface area contributed by atoms with Gasteiger partial charge in [-0.25, -0.2) is 0 Å². The van der Waals surface area contributed by atoms with Crippen LogP contribution in [0.1, 0.15) is 52.4 Å². The molecule has 0 aromatic carbocycles. The summed E-state index contributed by atoms with van der Waals surface area (Å²) in [6, 6.07) is 0. The highest BCUT2D eigenvalue weighted by Gasteiger charge is 2.31. The number of hydrogen-bond acceptors (Lipinski definition) is 1. The zero-order valence-corrected chi connectivity index (χ0v) is 11.1. The average Bonchev–Trinajstić information content (AvgIpc) is 2.29. The molecule has 0 aliphatic heterocycles. The lowest BCUT2D eigenvalue weighted by Crippen LogP contribution is -2.28. The molecular formula is C15H26O. The zero-order valence-electron chi connectivity index (χ0n) is 11.1. The van der Waals surface area contributed by atoms with Gasteiger partial charge in [-0.2, -0.15) is 0 Å². The highest BCUT2D eigenvalue weighted by atomic mass is 16.5. The lowest BCUT2D eigenvalue weighted by atomic mass is 9.70. The summed E-state index contributed by atoms with van der Waals surface area (Å²) in [5, 5.41) is 0. The maximum Gasteiger partial charge on any atom is 0.0571 e. The average molecular weight is 222 g/mol. The van der Waals surface area contributed by atoms with E-state index in [1.165, 1.54) is 37.7 Å². The predicted octanol–water partition coefficient (Wildman–Crippen LogP) is 4.49. The van der Waals surface area contributed by atoms with Crippen LogP contribution >= 0.6 is 0 Å². The smallest absolute Gasteiger partial charge is 0.0571 e. The zero-order chi connectivity index (χ0) is 12.0. The number of allylic oxidation sites excluding steroid dienone is 3. The summed E-state index contributed by atoms with van der Waals surface area (Å²) in [4.78, 5) is 0. The van der Waals surface area contributed by atoms with E-state index in [0.717, 1.165) is 6.42 Å². The molecule has 1 saturated carbocycles. The molecule has 1 heteroatoms. The fraction of sp³-hybridized carbons (Fsp3) is 0.733. The maximum absolute atomic E-state index is 5.43. The quantitative estimate of drug-likeness (QED) is 0.623. The van der Waals surface area contributed by atoms with Gasteiger partial charge in [-0.3, -0.25) is 0 Å². The van der Waals surface area contributed by atoms with Crippen molar-refractivity contribution in [1.82, 2.24) is 0 Å². The van der Waals surface area contributed by atoms with Gasteiger partial charge >= 0.3 is 0 Å². The molecule has 0 aromatic heterocycles. The van der Waals surface area contributed by atoms with Crippen molar-refractivity contribution in [2.75, 3.05) is 7.11 Å². The van der Waals surface area contributed by atoms with Crippen molar-refractivity contribution in [3.05, 3.63) is 24.3 Å². The molecule has 16 heavy (non-hydrogen) atoms. The van der Waals surface area contributed by atoms with E-state index in [9.17, 15) is 0 Å². The molecule has 1 nitrogen and oxygen atoms in total. The molecule has 0 unspecified atom stereocenters. The van der Waals surface area contributed by atoms with E-state index in [1.54, 1.807) is 0 Å². The van der Waals surface area contributed by atoms with Gasteiger partial charge in [0, 0.05) is 7.11 Å². The second kappa shape index (κ2) is 6.24. The van der Waals surface area contributed by atoms with Gasteiger partial charge in [0.1, 0.15) is 0 Å². The Labute approximate surface area is 101 Å². The van der Waals surface area contributed by atoms with E-state index in [4.69, 9.17) is 4.74 Å². The Kier molecular flexibility index (Phi) is 5.27. The molecule has 0 N–H and O–H groups in total. The van der Waals surface area contributed by atoms with Crippen molar-refractivity contribution in [1.29, 1.82) is 0 Å². The maximum atomic E-state index is 5.43. The highest BCUT2D eigenvalue weighted by molar-refractivity contribution is 5.12. The first-order valence-electron chi connectivity index (χ1n) is 6.47. The van der Waals surface area contributed by atoms with Gasteiger partial charge in [0.15, 0.2) is 0 Å². The van der Waals surface area contributed by atoms with Gasteiger partial charge in [-0.1, -0.05) is 38.2 Å². The van der Waals surface area contributed by atoms with Gasteiger partial charge in [-0.05, 0) is 43.9 Å². The Morgan fingerprint density at radius 2 is 2.06 bits per heavy atom. The largest absolute Gasteiger partial charge is 0.381 e. The van der Waals surface area contributed by atoms with Crippen LogP contribution in [0.25, 0.3) is 0 Å². The van der Waals surface area contributed by atoms with Crippen molar-refractivity contribution in [2.45, 2.75) is 58.5 Å². The lowest BCUT2D eigenvalue weighted by Gasteiger charge is -2.37. The third-order valence-electron chi connectivity index (χ3n) is 3.93. The van der Waals surface area contributed by atoms with E-state index < -0.39 is 0 Å². The summed E-state index contributed by atoms with van der Waals surface area (Å²) in [6.07, 6.45) is 12.0. The Hall–Kier alpha value is -0.560. The van der Waals surface area contributed by atoms with Crippen LogP contribution in [0.3, 0.4) is 0 Å². The third-order valence-corrected chi connectivity index (χ3v) is 3.93. The first-order valence-corrected chi connectivity index (χ1v) is 6.47. The van der Waals surface area contributed by atoms with Crippen LogP contribution in [-0.2, 0) is 4.74 Å². The fourth-order valence-electron chi connectivity index (χ4n) is 2.72. The molecule has 92 valence electrons. The molecule has 0 aromatic rings. The highest BCUT2D eigenvalue weighted by Crippen LogP contribution is 2.42. The van der Waals surface area contributed by atoms with Crippen LogP contribution in [-0.4, -0.2) is 13.2 Å². The van der Waals surface area contributed by atoms with Crippen molar-refractivity contribution in [3.8, 4) is 0 Å². The minimum Gasteiger partial charge on any atom is -0.381 e. The van der Waals surface area contributed by atoms with Gasteiger partial charge in [-0.15, -0.1) is 0 Å². The first-order chi connectivity index (χ1) is 7.63. The standard InChI is InChI=1S/C15H26O/c1-5-7-13(6-2)12-15(3)10-8-14(16-4)9-11-15/h5,7,14H,1,6,8-12H2,2-4H3/b13-7+. The summed E-state index contributed by atoms with van der Waals surface area (Å²) in [6.45, 7) is 8.45. The van der Waals surface area contributed by atoms with Crippen LogP contribution in [0.15, 0.2) is 24.3 Å². The minimum absolute atomic E-state index is 0.486. The number of rotatable bonds is 5. The fourth-order valence-corrected chi connectivity index (χ4v) is 2.72. The second-order valence-corrected chi connectivity index (χ2v) is 5.34. The molecule has 1 aliphatic carbocycles. The molecule has 1 rings (SSSR count). The van der Waals surface area contributed by atoms with Crippen LogP contribution in [0.4, 0.5) is 0 Å². The summed E-state index contributed by atoms with van der Waals surface area (Å²) in [5.41, 5.74) is 2.02. The Balaban J connectivity index is 2.53. The Bertz CT molecular complexity index is 244. The molecule has 0 atom stereocenters.